The number of nitrogens with one attached hydrogen (secondary N) is 1. The number of carbonyl (C=O) groups is 1. The van der Waals surface area contributed by atoms with Gasteiger partial charge in [-0.15, -0.1) is 0 Å². The molecule has 0 atom stereocenters. The van der Waals surface area contributed by atoms with Gasteiger partial charge in [-0.05, 0) is 18.6 Å². The quantitative estimate of drug-likeness (QED) is 0.848. The van der Waals surface area contributed by atoms with E-state index in [1.807, 2.05) is 38.2 Å². The molecular weight excluding hydrogens is 212 g/mol. The summed E-state index contributed by atoms with van der Waals surface area (Å²) in [5.41, 5.74) is 2.11. The molecule has 1 amide bonds. The SMILES string of the molecule is Cc1ccccc1N(C)C(=O)CCNC(C)C. The normalized spacial score (nSPS) is 10.6. The van der Waals surface area contributed by atoms with Crippen LogP contribution in [0.1, 0.15) is 25.8 Å². The van der Waals surface area contributed by atoms with Gasteiger partial charge in [0.05, 0.1) is 0 Å². The number of para-hydroxylation sites is 1. The van der Waals surface area contributed by atoms with Gasteiger partial charge in [0.2, 0.25) is 5.91 Å². The van der Waals surface area contributed by atoms with Crippen molar-refractivity contribution in [2.45, 2.75) is 33.2 Å². The van der Waals surface area contributed by atoms with Crippen LogP contribution in [0.15, 0.2) is 24.3 Å². The molecule has 0 saturated heterocycles. The van der Waals surface area contributed by atoms with Crippen LogP contribution < -0.4 is 10.2 Å². The molecule has 3 heteroatoms. The van der Waals surface area contributed by atoms with Crippen LogP contribution in [0, 0.1) is 6.92 Å². The Morgan fingerprint density at radius 3 is 2.59 bits per heavy atom. The fraction of sp³-hybridized carbons (Fsp3) is 0.500. The zero-order valence-corrected chi connectivity index (χ0v) is 11.2. The molecular formula is C14H22N2O. The molecule has 0 spiro atoms. The van der Waals surface area contributed by atoms with Crippen molar-refractivity contribution in [3.8, 4) is 0 Å². The van der Waals surface area contributed by atoms with Gasteiger partial charge in [0.25, 0.3) is 0 Å². The first-order chi connectivity index (χ1) is 8.02. The minimum absolute atomic E-state index is 0.146. The molecule has 0 bridgehead atoms. The van der Waals surface area contributed by atoms with Crippen molar-refractivity contribution < 1.29 is 4.79 Å². The van der Waals surface area contributed by atoms with Crippen molar-refractivity contribution in [2.75, 3.05) is 18.5 Å². The van der Waals surface area contributed by atoms with E-state index in [-0.39, 0.29) is 5.91 Å². The van der Waals surface area contributed by atoms with Crippen LogP contribution in [0.4, 0.5) is 5.69 Å². The summed E-state index contributed by atoms with van der Waals surface area (Å²) in [7, 11) is 1.83. The van der Waals surface area contributed by atoms with Crippen LogP contribution in [-0.4, -0.2) is 25.5 Å². The summed E-state index contributed by atoms with van der Waals surface area (Å²) < 4.78 is 0. The van der Waals surface area contributed by atoms with Gasteiger partial charge >= 0.3 is 0 Å². The molecule has 0 radical (unpaired) electrons. The number of rotatable bonds is 5. The minimum atomic E-state index is 0.146. The first-order valence-electron chi connectivity index (χ1n) is 6.08. The van der Waals surface area contributed by atoms with E-state index >= 15 is 0 Å². The molecule has 1 N–H and O–H groups in total. The maximum atomic E-state index is 12.0. The van der Waals surface area contributed by atoms with Gasteiger partial charge in [0, 0.05) is 31.7 Å². The average Bonchev–Trinajstić information content (AvgIpc) is 2.28. The molecule has 17 heavy (non-hydrogen) atoms. The van der Waals surface area contributed by atoms with E-state index in [1.165, 1.54) is 0 Å². The molecule has 1 aromatic carbocycles. The van der Waals surface area contributed by atoms with Crippen molar-refractivity contribution in [1.82, 2.24) is 5.32 Å². The molecule has 0 aliphatic rings. The zero-order chi connectivity index (χ0) is 12.8. The molecule has 1 aromatic rings. The highest BCUT2D eigenvalue weighted by Gasteiger charge is 2.11. The van der Waals surface area contributed by atoms with Gasteiger partial charge in [0.15, 0.2) is 0 Å². The summed E-state index contributed by atoms with van der Waals surface area (Å²) in [6.07, 6.45) is 0.531. The Bertz CT molecular complexity index is 374. The molecule has 94 valence electrons. The monoisotopic (exact) mass is 234 g/mol. The second-order valence-electron chi connectivity index (χ2n) is 4.60. The van der Waals surface area contributed by atoms with E-state index < -0.39 is 0 Å². The van der Waals surface area contributed by atoms with Crippen LogP contribution >= 0.6 is 0 Å². The zero-order valence-electron chi connectivity index (χ0n) is 11.2. The number of carbonyl (C=O) groups excluding carboxylic acids is 1. The van der Waals surface area contributed by atoms with Crippen molar-refractivity contribution in [1.29, 1.82) is 0 Å². The average molecular weight is 234 g/mol. The molecule has 0 heterocycles. The summed E-state index contributed by atoms with van der Waals surface area (Å²) in [5.74, 6) is 0.146. The van der Waals surface area contributed by atoms with E-state index in [2.05, 4.69) is 19.2 Å². The fourth-order valence-electron chi connectivity index (χ4n) is 1.71. The number of amides is 1. The summed E-state index contributed by atoms with van der Waals surface area (Å²) in [4.78, 5) is 13.7. The minimum Gasteiger partial charge on any atom is -0.315 e. The summed E-state index contributed by atoms with van der Waals surface area (Å²) >= 11 is 0. The smallest absolute Gasteiger partial charge is 0.228 e. The highest BCUT2D eigenvalue weighted by molar-refractivity contribution is 5.93. The molecule has 3 nitrogen and oxygen atoms in total. The lowest BCUT2D eigenvalue weighted by atomic mass is 10.2. The topological polar surface area (TPSA) is 32.3 Å². The Morgan fingerprint density at radius 2 is 2.00 bits per heavy atom. The maximum Gasteiger partial charge on any atom is 0.228 e. The Hall–Kier alpha value is -1.35. The van der Waals surface area contributed by atoms with Gasteiger partial charge in [0.1, 0.15) is 0 Å². The molecule has 1 rings (SSSR count). The highest BCUT2D eigenvalue weighted by Crippen LogP contribution is 2.18. The van der Waals surface area contributed by atoms with Crippen LogP contribution in [0.3, 0.4) is 0 Å². The third kappa shape index (κ3) is 4.19. The van der Waals surface area contributed by atoms with E-state index in [0.29, 0.717) is 12.5 Å². The maximum absolute atomic E-state index is 12.0. The summed E-state index contributed by atoms with van der Waals surface area (Å²) in [6.45, 7) is 6.91. The Balaban J connectivity index is 2.55. The Kier molecular flexibility index (Phi) is 5.16. The molecule has 0 aliphatic carbocycles. The Labute approximate surface area is 104 Å². The van der Waals surface area contributed by atoms with E-state index in [4.69, 9.17) is 0 Å². The molecule has 0 fully saturated rings. The van der Waals surface area contributed by atoms with Gasteiger partial charge in [-0.2, -0.15) is 0 Å². The number of nitrogens with zero attached hydrogens (tertiary/aromatic N) is 1. The fourth-order valence-corrected chi connectivity index (χ4v) is 1.71. The van der Waals surface area contributed by atoms with Crippen LogP contribution in [0.25, 0.3) is 0 Å². The van der Waals surface area contributed by atoms with Gasteiger partial charge in [-0.3, -0.25) is 4.79 Å². The Morgan fingerprint density at radius 1 is 1.35 bits per heavy atom. The van der Waals surface area contributed by atoms with Gasteiger partial charge in [-0.25, -0.2) is 0 Å². The first-order valence-corrected chi connectivity index (χ1v) is 6.08. The number of hydrogen-bond donors (Lipinski definition) is 1. The lowest BCUT2D eigenvalue weighted by Crippen LogP contribution is -2.32. The third-order valence-corrected chi connectivity index (χ3v) is 2.74. The van der Waals surface area contributed by atoms with Crippen LogP contribution in [0.2, 0.25) is 0 Å². The van der Waals surface area contributed by atoms with E-state index in [0.717, 1.165) is 17.8 Å². The van der Waals surface area contributed by atoms with Crippen LogP contribution in [0.5, 0.6) is 0 Å². The van der Waals surface area contributed by atoms with Crippen molar-refractivity contribution in [2.24, 2.45) is 0 Å². The second kappa shape index (κ2) is 6.40. The summed E-state index contributed by atoms with van der Waals surface area (Å²) in [6, 6.07) is 8.36. The largest absolute Gasteiger partial charge is 0.315 e. The molecule has 0 aromatic heterocycles. The molecule has 0 saturated carbocycles. The van der Waals surface area contributed by atoms with Gasteiger partial charge < -0.3 is 10.2 Å². The van der Waals surface area contributed by atoms with Crippen LogP contribution in [-0.2, 0) is 4.79 Å². The lowest BCUT2D eigenvalue weighted by molar-refractivity contribution is -0.118. The number of benzene rings is 1. The van der Waals surface area contributed by atoms with E-state index in [1.54, 1.807) is 4.90 Å². The lowest BCUT2D eigenvalue weighted by Gasteiger charge is -2.20. The van der Waals surface area contributed by atoms with Crippen molar-refractivity contribution >= 4 is 11.6 Å². The van der Waals surface area contributed by atoms with Crippen molar-refractivity contribution in [3.63, 3.8) is 0 Å². The third-order valence-electron chi connectivity index (χ3n) is 2.74. The highest BCUT2D eigenvalue weighted by atomic mass is 16.2. The standard InChI is InChI=1S/C14H22N2O/c1-11(2)15-10-9-14(17)16(4)13-8-6-5-7-12(13)3/h5-8,11,15H,9-10H2,1-4H3. The number of anilines is 1. The van der Waals surface area contributed by atoms with Crippen molar-refractivity contribution in [3.05, 3.63) is 29.8 Å². The number of aryl methyl sites for hydroxylation is 1. The first kappa shape index (κ1) is 13.7. The molecule has 0 aliphatic heterocycles. The molecule has 0 unspecified atom stereocenters. The van der Waals surface area contributed by atoms with E-state index in [9.17, 15) is 4.79 Å². The predicted octanol–water partition coefficient (Wildman–Crippen LogP) is 2.35. The predicted molar refractivity (Wildman–Crippen MR) is 72.3 cm³/mol. The number of hydrogen-bond acceptors (Lipinski definition) is 2. The van der Waals surface area contributed by atoms with Gasteiger partial charge in [-0.1, -0.05) is 32.0 Å². The summed E-state index contributed by atoms with van der Waals surface area (Å²) in [5, 5.41) is 3.25. The second-order valence-corrected chi connectivity index (χ2v) is 4.60.